The zero-order chi connectivity index (χ0) is 11.5. The first-order chi connectivity index (χ1) is 7.70. The van der Waals surface area contributed by atoms with Crippen LogP contribution in [0.2, 0.25) is 0 Å². The van der Waals surface area contributed by atoms with Crippen LogP contribution in [-0.4, -0.2) is 31.1 Å². The number of esters is 1. The lowest BCUT2D eigenvalue weighted by Crippen LogP contribution is -2.22. The van der Waals surface area contributed by atoms with Gasteiger partial charge in [0, 0.05) is 5.92 Å². The molecule has 5 nitrogen and oxygen atoms in total. The molecule has 2 rings (SSSR count). The van der Waals surface area contributed by atoms with E-state index in [9.17, 15) is 4.79 Å². The molecule has 84 valence electrons. The molecule has 6 heteroatoms. The van der Waals surface area contributed by atoms with E-state index in [4.69, 9.17) is 17.1 Å². The minimum Gasteiger partial charge on any atom is -0.469 e. The van der Waals surface area contributed by atoms with Gasteiger partial charge in [0.05, 0.1) is 13.0 Å². The molecule has 0 spiro atoms. The monoisotopic (exact) mass is 220 g/mol. The molecule has 1 heterocycles. The van der Waals surface area contributed by atoms with E-state index in [0.29, 0.717) is 5.82 Å². The first kappa shape index (κ1) is 11.2. The molecule has 0 atom stereocenters. The molecule has 1 aromatic rings. The van der Waals surface area contributed by atoms with Crippen LogP contribution in [-0.2, 0) is 9.53 Å². The van der Waals surface area contributed by atoms with Gasteiger partial charge in [-0.1, -0.05) is 5.16 Å². The Kier molecular flexibility index (Phi) is 3.26. The van der Waals surface area contributed by atoms with Crippen LogP contribution in [0.1, 0.15) is 37.4 Å². The Hall–Kier alpha value is -1.33. The van der Waals surface area contributed by atoms with Crippen molar-refractivity contribution in [2.45, 2.75) is 31.6 Å². The fourth-order valence-corrected chi connectivity index (χ4v) is 2.17. The van der Waals surface area contributed by atoms with Gasteiger partial charge in [0.15, 0.2) is 11.6 Å². The molecule has 0 bridgehead atoms. The van der Waals surface area contributed by atoms with Crippen molar-refractivity contribution in [3.63, 3.8) is 0 Å². The topological polar surface area (TPSA) is 65.2 Å². The molecule has 0 amide bonds. The minimum atomic E-state index is -0.119. The second-order valence-corrected chi connectivity index (χ2v) is 4.06. The van der Waals surface area contributed by atoms with Crippen molar-refractivity contribution >= 4 is 19.6 Å². The summed E-state index contributed by atoms with van der Waals surface area (Å²) < 4.78 is 9.46. The van der Waals surface area contributed by atoms with E-state index in [-0.39, 0.29) is 23.6 Å². The van der Waals surface area contributed by atoms with Crippen LogP contribution in [0.3, 0.4) is 0 Å². The van der Waals surface area contributed by atoms with Crippen LogP contribution in [0, 0.1) is 5.92 Å². The Labute approximate surface area is 95.0 Å². The van der Waals surface area contributed by atoms with Crippen molar-refractivity contribution in [1.29, 1.82) is 0 Å². The summed E-state index contributed by atoms with van der Waals surface area (Å²) in [5.41, 5.74) is 0. The summed E-state index contributed by atoms with van der Waals surface area (Å²) >= 11 is 0. The highest BCUT2D eigenvalue weighted by atomic mass is 16.5. The first-order valence-corrected chi connectivity index (χ1v) is 5.37. The zero-order valence-corrected chi connectivity index (χ0v) is 9.18. The number of hydrogen-bond acceptors (Lipinski definition) is 5. The number of carbonyl (C=O) groups is 1. The molecule has 0 unspecified atom stereocenters. The fourth-order valence-electron chi connectivity index (χ4n) is 2.17. The van der Waals surface area contributed by atoms with Gasteiger partial charge in [-0.15, -0.1) is 0 Å². The number of carbonyl (C=O) groups excluding carboxylic acids is 1. The summed E-state index contributed by atoms with van der Waals surface area (Å²) in [5, 5.41) is 3.80. The SMILES string of the molecule is [B]c1nc(C2CCC(C(=O)OC)CC2)no1. The summed E-state index contributed by atoms with van der Waals surface area (Å²) in [4.78, 5) is 15.3. The van der Waals surface area contributed by atoms with Gasteiger partial charge in [0.1, 0.15) is 0 Å². The third-order valence-electron chi connectivity index (χ3n) is 3.08. The van der Waals surface area contributed by atoms with Gasteiger partial charge in [-0.05, 0) is 25.7 Å². The fraction of sp³-hybridized carbons (Fsp3) is 0.700. The van der Waals surface area contributed by atoms with Gasteiger partial charge in [-0.2, -0.15) is 0 Å². The van der Waals surface area contributed by atoms with Gasteiger partial charge < -0.3 is 9.26 Å². The quantitative estimate of drug-likeness (QED) is 0.530. The third-order valence-corrected chi connectivity index (χ3v) is 3.08. The lowest BCUT2D eigenvalue weighted by Gasteiger charge is -2.24. The Morgan fingerprint density at radius 1 is 1.44 bits per heavy atom. The Bertz CT molecular complexity index is 372. The van der Waals surface area contributed by atoms with E-state index < -0.39 is 0 Å². The van der Waals surface area contributed by atoms with Crippen LogP contribution in [0.5, 0.6) is 0 Å². The maximum absolute atomic E-state index is 11.3. The van der Waals surface area contributed by atoms with E-state index in [2.05, 4.69) is 10.1 Å². The highest BCUT2D eigenvalue weighted by molar-refractivity contribution is 6.28. The molecule has 1 fully saturated rings. The molecule has 0 aliphatic heterocycles. The maximum atomic E-state index is 11.3. The zero-order valence-electron chi connectivity index (χ0n) is 9.18. The largest absolute Gasteiger partial charge is 0.469 e. The first-order valence-electron chi connectivity index (χ1n) is 5.37. The third kappa shape index (κ3) is 2.26. The number of aromatic nitrogens is 2. The molecule has 1 aliphatic rings. The van der Waals surface area contributed by atoms with E-state index in [0.717, 1.165) is 25.7 Å². The van der Waals surface area contributed by atoms with Crippen LogP contribution < -0.4 is 5.79 Å². The summed E-state index contributed by atoms with van der Waals surface area (Å²) in [6.45, 7) is 0. The molecule has 1 aliphatic carbocycles. The molecule has 16 heavy (non-hydrogen) atoms. The second-order valence-electron chi connectivity index (χ2n) is 4.06. The van der Waals surface area contributed by atoms with E-state index in [1.165, 1.54) is 7.11 Å². The van der Waals surface area contributed by atoms with Gasteiger partial charge in [-0.25, -0.2) is 4.98 Å². The molecule has 0 N–H and O–H groups in total. The van der Waals surface area contributed by atoms with Gasteiger partial charge >= 0.3 is 5.97 Å². The summed E-state index contributed by atoms with van der Waals surface area (Å²) in [6.07, 6.45) is 3.37. The lowest BCUT2D eigenvalue weighted by molar-refractivity contribution is -0.146. The van der Waals surface area contributed by atoms with Crippen molar-refractivity contribution in [3.05, 3.63) is 5.82 Å². The number of ether oxygens (including phenoxy) is 1. The van der Waals surface area contributed by atoms with Crippen molar-refractivity contribution in [1.82, 2.24) is 10.1 Å². The van der Waals surface area contributed by atoms with Gasteiger partial charge in [0.25, 0.3) is 0 Å². The van der Waals surface area contributed by atoms with Crippen LogP contribution in [0.25, 0.3) is 0 Å². The van der Waals surface area contributed by atoms with Crippen molar-refractivity contribution < 1.29 is 14.1 Å². The van der Waals surface area contributed by atoms with Crippen molar-refractivity contribution in [3.8, 4) is 0 Å². The Morgan fingerprint density at radius 3 is 2.62 bits per heavy atom. The molecule has 1 aromatic heterocycles. The molecule has 2 radical (unpaired) electrons. The summed E-state index contributed by atoms with van der Waals surface area (Å²) in [5.74, 6) is 0.907. The van der Waals surface area contributed by atoms with E-state index in [1.54, 1.807) is 0 Å². The maximum Gasteiger partial charge on any atom is 0.308 e. The van der Waals surface area contributed by atoms with Crippen molar-refractivity contribution in [2.24, 2.45) is 5.92 Å². The molecule has 0 aromatic carbocycles. The Morgan fingerprint density at radius 2 is 2.12 bits per heavy atom. The van der Waals surface area contributed by atoms with Crippen LogP contribution in [0.15, 0.2) is 4.52 Å². The highest BCUT2D eigenvalue weighted by Gasteiger charge is 2.29. The molecule has 0 saturated heterocycles. The lowest BCUT2D eigenvalue weighted by atomic mass is 9.81. The van der Waals surface area contributed by atoms with E-state index >= 15 is 0 Å². The Balaban J connectivity index is 1.92. The van der Waals surface area contributed by atoms with Gasteiger partial charge in [0.2, 0.25) is 7.85 Å². The number of nitrogens with zero attached hydrogens (tertiary/aromatic N) is 2. The molecular weight excluding hydrogens is 207 g/mol. The van der Waals surface area contributed by atoms with Crippen LogP contribution in [0.4, 0.5) is 0 Å². The second kappa shape index (κ2) is 4.68. The summed E-state index contributed by atoms with van der Waals surface area (Å²) in [6, 6.07) is 0. The normalized spacial score (nSPS) is 25.3. The average molecular weight is 220 g/mol. The van der Waals surface area contributed by atoms with Gasteiger partial charge in [-0.3, -0.25) is 4.79 Å². The molecule has 1 saturated carbocycles. The molecular formula is C10H13BN2O3. The highest BCUT2D eigenvalue weighted by Crippen LogP contribution is 2.34. The smallest absolute Gasteiger partial charge is 0.308 e. The minimum absolute atomic E-state index is 0.0190. The average Bonchev–Trinajstić information content (AvgIpc) is 2.75. The van der Waals surface area contributed by atoms with E-state index in [1.807, 2.05) is 0 Å². The number of methoxy groups -OCH3 is 1. The van der Waals surface area contributed by atoms with Crippen molar-refractivity contribution in [2.75, 3.05) is 7.11 Å². The standard InChI is InChI=1S/C10H13BN2O3/c1-15-9(14)7-4-2-6(3-5-7)8-12-10(11)16-13-8/h6-7H,2-5H2,1H3. The number of hydrogen-bond donors (Lipinski definition) is 0. The summed E-state index contributed by atoms with van der Waals surface area (Å²) in [7, 11) is 6.79. The predicted octanol–water partition coefficient (Wildman–Crippen LogP) is 0.310. The van der Waals surface area contributed by atoms with Crippen LogP contribution >= 0.6 is 0 Å². The number of rotatable bonds is 2. The predicted molar refractivity (Wildman–Crippen MR) is 56.4 cm³/mol.